The standard InChI is InChI=1S/C21H16F3N3O7/c1-10(26-18(29)13-5-3-4-6-14(13)19(26)30)20(31)34-11(2)17(28)25-16-8-7-12(27(32)33)9-15(16)21(22,23)24/h3-11H,1-2H3,(H,25,28). The zero-order valence-corrected chi connectivity index (χ0v) is 17.6. The van der Waals surface area contributed by atoms with Crippen molar-refractivity contribution in [3.63, 3.8) is 0 Å². The SMILES string of the molecule is CC(OC(=O)C(C)N1C(=O)c2ccccc2C1=O)C(=O)Nc1ccc([N+](=O)[O-])cc1C(F)(F)F. The molecule has 13 heteroatoms. The Bertz CT molecular complexity index is 1180. The van der Waals surface area contributed by atoms with Crippen LogP contribution in [0.3, 0.4) is 0 Å². The van der Waals surface area contributed by atoms with Gasteiger partial charge in [-0.2, -0.15) is 13.2 Å². The van der Waals surface area contributed by atoms with Crippen LogP contribution in [0.5, 0.6) is 0 Å². The van der Waals surface area contributed by atoms with Gasteiger partial charge in [0, 0.05) is 12.1 Å². The van der Waals surface area contributed by atoms with E-state index in [0.717, 1.165) is 13.0 Å². The zero-order chi connectivity index (χ0) is 25.4. The van der Waals surface area contributed by atoms with Gasteiger partial charge >= 0.3 is 12.1 Å². The van der Waals surface area contributed by atoms with Crippen LogP contribution in [0.25, 0.3) is 0 Å². The van der Waals surface area contributed by atoms with Crippen molar-refractivity contribution in [3.8, 4) is 0 Å². The Kier molecular flexibility index (Phi) is 6.39. The molecule has 0 aromatic heterocycles. The van der Waals surface area contributed by atoms with E-state index in [1.165, 1.54) is 31.2 Å². The number of amides is 3. The Hall–Kier alpha value is -4.29. The van der Waals surface area contributed by atoms with Crippen LogP contribution in [0.15, 0.2) is 42.5 Å². The predicted octanol–water partition coefficient (Wildman–Crippen LogP) is 3.17. The van der Waals surface area contributed by atoms with E-state index in [0.29, 0.717) is 11.0 Å². The molecule has 0 saturated carbocycles. The Morgan fingerprint density at radius 3 is 2.12 bits per heavy atom. The highest BCUT2D eigenvalue weighted by atomic mass is 19.4. The fourth-order valence-electron chi connectivity index (χ4n) is 3.21. The minimum Gasteiger partial charge on any atom is -0.451 e. The van der Waals surface area contributed by atoms with E-state index in [1.54, 1.807) is 0 Å². The van der Waals surface area contributed by atoms with Gasteiger partial charge in [-0.1, -0.05) is 12.1 Å². The number of hydrogen-bond acceptors (Lipinski definition) is 7. The van der Waals surface area contributed by atoms with Gasteiger partial charge in [-0.3, -0.25) is 29.4 Å². The van der Waals surface area contributed by atoms with E-state index in [9.17, 15) is 42.5 Å². The van der Waals surface area contributed by atoms with Gasteiger partial charge in [-0.25, -0.2) is 4.79 Å². The Balaban J connectivity index is 1.72. The Morgan fingerprint density at radius 2 is 1.62 bits per heavy atom. The lowest BCUT2D eigenvalue weighted by molar-refractivity contribution is -0.385. The predicted molar refractivity (Wildman–Crippen MR) is 109 cm³/mol. The number of non-ortho nitro benzene ring substituents is 1. The number of alkyl halides is 3. The van der Waals surface area contributed by atoms with E-state index in [1.807, 2.05) is 5.32 Å². The second-order valence-electron chi connectivity index (χ2n) is 7.25. The number of esters is 1. The molecule has 2 aromatic carbocycles. The van der Waals surface area contributed by atoms with E-state index in [-0.39, 0.29) is 17.2 Å². The molecule has 0 fully saturated rings. The van der Waals surface area contributed by atoms with E-state index in [2.05, 4.69) is 0 Å². The largest absolute Gasteiger partial charge is 0.451 e. The van der Waals surface area contributed by atoms with Crippen molar-refractivity contribution in [2.45, 2.75) is 32.2 Å². The number of nitrogens with zero attached hydrogens (tertiary/aromatic N) is 2. The number of rotatable bonds is 6. The van der Waals surface area contributed by atoms with Gasteiger partial charge in [0.15, 0.2) is 6.10 Å². The maximum absolute atomic E-state index is 13.3. The number of carbonyl (C=O) groups excluding carboxylic acids is 4. The number of fused-ring (bicyclic) bond motifs is 1. The molecule has 2 atom stereocenters. The molecule has 0 aliphatic carbocycles. The normalized spacial score (nSPS) is 14.9. The first-order chi connectivity index (χ1) is 15.8. The van der Waals surface area contributed by atoms with Crippen molar-refractivity contribution in [1.82, 2.24) is 4.90 Å². The van der Waals surface area contributed by atoms with Crippen LogP contribution in [0.2, 0.25) is 0 Å². The fourth-order valence-corrected chi connectivity index (χ4v) is 3.21. The lowest BCUT2D eigenvalue weighted by Crippen LogP contribution is -2.45. The van der Waals surface area contributed by atoms with Gasteiger partial charge in [0.2, 0.25) is 0 Å². The monoisotopic (exact) mass is 479 g/mol. The van der Waals surface area contributed by atoms with Crippen molar-refractivity contribution in [2.24, 2.45) is 0 Å². The Labute approximate surface area is 189 Å². The smallest absolute Gasteiger partial charge is 0.418 e. The number of nitrogens with one attached hydrogen (secondary N) is 1. The van der Waals surface area contributed by atoms with Crippen LogP contribution >= 0.6 is 0 Å². The minimum absolute atomic E-state index is 0.0933. The summed E-state index contributed by atoms with van der Waals surface area (Å²) in [4.78, 5) is 60.2. The topological polar surface area (TPSA) is 136 Å². The first-order valence-corrected chi connectivity index (χ1v) is 9.66. The van der Waals surface area contributed by atoms with Gasteiger partial charge in [0.25, 0.3) is 23.4 Å². The molecule has 0 saturated heterocycles. The summed E-state index contributed by atoms with van der Waals surface area (Å²) in [6, 6.07) is 6.20. The molecule has 1 N–H and O–H groups in total. The molecule has 178 valence electrons. The van der Waals surface area contributed by atoms with Crippen LogP contribution in [-0.4, -0.2) is 45.7 Å². The van der Waals surface area contributed by atoms with Gasteiger partial charge in [-0.05, 0) is 32.0 Å². The van der Waals surface area contributed by atoms with Gasteiger partial charge in [0.1, 0.15) is 6.04 Å². The van der Waals surface area contributed by atoms with E-state index in [4.69, 9.17) is 4.74 Å². The third kappa shape index (κ3) is 4.58. The van der Waals surface area contributed by atoms with Crippen LogP contribution in [0.1, 0.15) is 40.1 Å². The Morgan fingerprint density at radius 1 is 1.06 bits per heavy atom. The summed E-state index contributed by atoms with van der Waals surface area (Å²) in [6.45, 7) is 2.27. The number of benzene rings is 2. The average molecular weight is 479 g/mol. The molecule has 0 bridgehead atoms. The molecule has 0 spiro atoms. The number of halogens is 3. The second-order valence-corrected chi connectivity index (χ2v) is 7.25. The third-order valence-corrected chi connectivity index (χ3v) is 4.99. The van der Waals surface area contributed by atoms with Crippen LogP contribution < -0.4 is 5.32 Å². The zero-order valence-electron chi connectivity index (χ0n) is 17.6. The molecular weight excluding hydrogens is 463 g/mol. The first kappa shape index (κ1) is 24.4. The quantitative estimate of drug-likeness (QED) is 0.291. The summed E-state index contributed by atoms with van der Waals surface area (Å²) in [7, 11) is 0. The van der Waals surface area contributed by atoms with Crippen LogP contribution in [0.4, 0.5) is 24.5 Å². The summed E-state index contributed by atoms with van der Waals surface area (Å²) in [5.41, 5.74) is -2.89. The average Bonchev–Trinajstić information content (AvgIpc) is 3.02. The van der Waals surface area contributed by atoms with E-state index >= 15 is 0 Å². The molecule has 1 heterocycles. The first-order valence-electron chi connectivity index (χ1n) is 9.66. The van der Waals surface area contributed by atoms with Crippen LogP contribution in [0, 0.1) is 10.1 Å². The van der Waals surface area contributed by atoms with Crippen molar-refractivity contribution in [3.05, 3.63) is 69.3 Å². The molecule has 0 radical (unpaired) electrons. The molecule has 1 aliphatic heterocycles. The number of nitro groups is 1. The summed E-state index contributed by atoms with van der Waals surface area (Å²) in [5.74, 6) is -3.77. The minimum atomic E-state index is -5.02. The van der Waals surface area contributed by atoms with Crippen molar-refractivity contribution in [1.29, 1.82) is 0 Å². The number of carbonyl (C=O) groups is 4. The van der Waals surface area contributed by atoms with Crippen molar-refractivity contribution >= 4 is 35.1 Å². The highest BCUT2D eigenvalue weighted by molar-refractivity contribution is 6.22. The highest BCUT2D eigenvalue weighted by Crippen LogP contribution is 2.37. The van der Waals surface area contributed by atoms with Crippen molar-refractivity contribution in [2.75, 3.05) is 5.32 Å². The summed E-state index contributed by atoms with van der Waals surface area (Å²) in [5, 5.41) is 12.7. The molecule has 10 nitrogen and oxygen atoms in total. The molecule has 3 amide bonds. The summed E-state index contributed by atoms with van der Waals surface area (Å²) in [6.07, 6.45) is -6.64. The molecule has 2 unspecified atom stereocenters. The molecule has 2 aromatic rings. The van der Waals surface area contributed by atoms with Gasteiger partial charge < -0.3 is 10.1 Å². The van der Waals surface area contributed by atoms with Gasteiger partial charge in [-0.15, -0.1) is 0 Å². The molecule has 3 rings (SSSR count). The molecule has 34 heavy (non-hydrogen) atoms. The number of anilines is 1. The highest BCUT2D eigenvalue weighted by Gasteiger charge is 2.42. The van der Waals surface area contributed by atoms with Gasteiger partial charge in [0.05, 0.1) is 27.3 Å². The second kappa shape index (κ2) is 8.92. The van der Waals surface area contributed by atoms with E-state index < -0.39 is 63.9 Å². The fraction of sp³-hybridized carbons (Fsp3) is 0.238. The van der Waals surface area contributed by atoms with Crippen molar-refractivity contribution < 1.29 is 42.0 Å². The third-order valence-electron chi connectivity index (χ3n) is 4.99. The van der Waals surface area contributed by atoms with Crippen LogP contribution in [-0.2, 0) is 20.5 Å². The lowest BCUT2D eigenvalue weighted by Gasteiger charge is -2.23. The molecule has 1 aliphatic rings. The number of nitro benzene ring substituents is 1. The number of hydrogen-bond donors (Lipinski definition) is 1. The maximum Gasteiger partial charge on any atom is 0.418 e. The summed E-state index contributed by atoms with van der Waals surface area (Å²) >= 11 is 0. The number of ether oxygens (including phenoxy) is 1. The number of imide groups is 1. The summed E-state index contributed by atoms with van der Waals surface area (Å²) < 4.78 is 44.8. The lowest BCUT2D eigenvalue weighted by atomic mass is 10.1. The maximum atomic E-state index is 13.3. The molecular formula is C21H16F3N3O7.